The molecule has 0 aromatic carbocycles. The second kappa shape index (κ2) is 4.92. The minimum Gasteiger partial charge on any atom is -0.393 e. The van der Waals surface area contributed by atoms with Gasteiger partial charge in [0.15, 0.2) is 5.78 Å². The van der Waals surface area contributed by atoms with Crippen LogP contribution in [0.5, 0.6) is 0 Å². The lowest BCUT2D eigenvalue weighted by molar-refractivity contribution is -0.147. The summed E-state index contributed by atoms with van der Waals surface area (Å²) in [5.41, 5.74) is 1.13. The lowest BCUT2D eigenvalue weighted by Crippen LogP contribution is -2.58. The van der Waals surface area contributed by atoms with Crippen LogP contribution in [0.1, 0.15) is 59.3 Å². The Labute approximate surface area is 139 Å². The molecule has 23 heavy (non-hydrogen) atoms. The highest BCUT2D eigenvalue weighted by molar-refractivity contribution is 5.91. The molecule has 3 saturated carbocycles. The van der Waals surface area contributed by atoms with E-state index in [1.54, 1.807) is 0 Å². The van der Waals surface area contributed by atoms with Gasteiger partial charge in [-0.3, -0.25) is 4.79 Å². The van der Waals surface area contributed by atoms with Crippen molar-refractivity contribution in [3.63, 3.8) is 0 Å². The average Bonchev–Trinajstić information content (AvgIpc) is 2.76. The monoisotopic (exact) mass is 318 g/mol. The first-order valence-corrected chi connectivity index (χ1v) is 9.38. The van der Waals surface area contributed by atoms with Crippen molar-refractivity contribution in [2.24, 2.45) is 34.5 Å². The molecule has 3 nitrogen and oxygen atoms in total. The van der Waals surface area contributed by atoms with E-state index < -0.39 is 0 Å². The fourth-order valence-electron chi connectivity index (χ4n) is 7.09. The van der Waals surface area contributed by atoms with Gasteiger partial charge in [-0.1, -0.05) is 26.3 Å². The number of hydrogen-bond acceptors (Lipinski definition) is 3. The zero-order valence-corrected chi connectivity index (χ0v) is 14.6. The van der Waals surface area contributed by atoms with Gasteiger partial charge >= 0.3 is 0 Å². The van der Waals surface area contributed by atoms with Gasteiger partial charge in [0.25, 0.3) is 0 Å². The molecule has 0 aromatic heterocycles. The summed E-state index contributed by atoms with van der Waals surface area (Å²) >= 11 is 0. The van der Waals surface area contributed by atoms with Crippen LogP contribution in [0.2, 0.25) is 0 Å². The van der Waals surface area contributed by atoms with E-state index in [-0.39, 0.29) is 34.7 Å². The Morgan fingerprint density at radius 3 is 2.70 bits per heavy atom. The van der Waals surface area contributed by atoms with Crippen molar-refractivity contribution >= 4 is 5.78 Å². The molecular formula is C20H30O3. The smallest absolute Gasteiger partial charge is 0.155 e. The van der Waals surface area contributed by atoms with Crippen molar-refractivity contribution in [1.82, 2.24) is 0 Å². The summed E-state index contributed by atoms with van der Waals surface area (Å²) in [7, 11) is 0. The second-order valence-electron chi connectivity index (χ2n) is 9.29. The van der Waals surface area contributed by atoms with Crippen LogP contribution in [0.3, 0.4) is 0 Å². The predicted octanol–water partition coefficient (Wildman–Crippen LogP) is 3.10. The minimum atomic E-state index is -0.358. The van der Waals surface area contributed by atoms with Crippen LogP contribution in [0, 0.1) is 34.5 Å². The van der Waals surface area contributed by atoms with Crippen LogP contribution in [0.25, 0.3) is 0 Å². The molecule has 4 rings (SSSR count). The number of carbonyl (C=O) groups excluding carboxylic acids is 1. The summed E-state index contributed by atoms with van der Waals surface area (Å²) in [5.74, 6) is 1.92. The summed E-state index contributed by atoms with van der Waals surface area (Å²) < 4.78 is 0. The summed E-state index contributed by atoms with van der Waals surface area (Å²) in [5, 5.41) is 21.6. The standard InChI is InChI=1S/C20H30O3/c1-11-8-13-14-4-5-17(23)20(14,3)10-16(22)18(13)19(2)7-6-12(21)9-15(11)19/h9,11,13-14,16-18,22-23H,4-8,10H2,1-3H3/t11-,13-,14-,16-,17-,18+,19-,20-/m0/s1. The van der Waals surface area contributed by atoms with E-state index in [1.807, 2.05) is 6.08 Å². The highest BCUT2D eigenvalue weighted by Gasteiger charge is 2.62. The van der Waals surface area contributed by atoms with Gasteiger partial charge in [-0.15, -0.1) is 0 Å². The zero-order chi connectivity index (χ0) is 16.6. The third kappa shape index (κ3) is 1.99. The first-order chi connectivity index (χ1) is 10.8. The number of carbonyl (C=O) groups is 1. The van der Waals surface area contributed by atoms with Crippen molar-refractivity contribution < 1.29 is 15.0 Å². The Morgan fingerprint density at radius 1 is 1.22 bits per heavy atom. The van der Waals surface area contributed by atoms with Crippen LogP contribution in [0.4, 0.5) is 0 Å². The minimum absolute atomic E-state index is 0.0372. The molecule has 4 aliphatic carbocycles. The van der Waals surface area contributed by atoms with Crippen molar-refractivity contribution in [2.45, 2.75) is 71.5 Å². The quantitative estimate of drug-likeness (QED) is 0.721. The first-order valence-electron chi connectivity index (χ1n) is 9.38. The van der Waals surface area contributed by atoms with Gasteiger partial charge in [-0.05, 0) is 72.7 Å². The number of aliphatic hydroxyl groups excluding tert-OH is 2. The molecule has 2 N–H and O–H groups in total. The van der Waals surface area contributed by atoms with Crippen LogP contribution >= 0.6 is 0 Å². The molecule has 4 aliphatic rings. The molecule has 0 heterocycles. The van der Waals surface area contributed by atoms with E-state index in [4.69, 9.17) is 0 Å². The maximum Gasteiger partial charge on any atom is 0.155 e. The van der Waals surface area contributed by atoms with Crippen LogP contribution < -0.4 is 0 Å². The predicted molar refractivity (Wildman–Crippen MR) is 88.7 cm³/mol. The van der Waals surface area contributed by atoms with Crippen LogP contribution in [-0.2, 0) is 4.79 Å². The molecular weight excluding hydrogens is 288 g/mol. The van der Waals surface area contributed by atoms with E-state index in [1.165, 1.54) is 5.57 Å². The first kappa shape index (κ1) is 15.8. The molecule has 0 bridgehead atoms. The fourth-order valence-corrected chi connectivity index (χ4v) is 7.09. The molecule has 0 saturated heterocycles. The zero-order valence-electron chi connectivity index (χ0n) is 14.6. The molecule has 0 unspecified atom stereocenters. The van der Waals surface area contributed by atoms with Crippen molar-refractivity contribution in [3.05, 3.63) is 11.6 Å². The maximum atomic E-state index is 12.0. The summed E-state index contributed by atoms with van der Waals surface area (Å²) in [6.07, 6.45) is 6.51. The van der Waals surface area contributed by atoms with Crippen molar-refractivity contribution in [3.8, 4) is 0 Å². The fraction of sp³-hybridized carbons (Fsp3) is 0.850. The normalized spacial score (nSPS) is 55.7. The molecule has 0 aromatic rings. The lowest BCUT2D eigenvalue weighted by atomic mass is 9.45. The molecule has 3 fully saturated rings. The molecule has 3 heteroatoms. The largest absolute Gasteiger partial charge is 0.393 e. The Kier molecular flexibility index (Phi) is 3.39. The van der Waals surface area contributed by atoms with E-state index in [0.717, 1.165) is 25.7 Å². The Balaban J connectivity index is 1.78. The highest BCUT2D eigenvalue weighted by Crippen LogP contribution is 2.66. The van der Waals surface area contributed by atoms with Gasteiger partial charge in [0, 0.05) is 6.42 Å². The second-order valence-corrected chi connectivity index (χ2v) is 9.29. The van der Waals surface area contributed by atoms with Gasteiger partial charge < -0.3 is 10.2 Å². The number of hydrogen-bond donors (Lipinski definition) is 2. The van der Waals surface area contributed by atoms with Gasteiger partial charge in [-0.2, -0.15) is 0 Å². The molecule has 8 atom stereocenters. The number of fused-ring (bicyclic) bond motifs is 5. The van der Waals surface area contributed by atoms with Crippen LogP contribution in [0.15, 0.2) is 11.6 Å². The molecule has 0 radical (unpaired) electrons. The van der Waals surface area contributed by atoms with E-state index in [0.29, 0.717) is 30.6 Å². The van der Waals surface area contributed by atoms with Gasteiger partial charge in [0.1, 0.15) is 0 Å². The summed E-state index contributed by atoms with van der Waals surface area (Å²) in [6, 6.07) is 0. The number of allylic oxidation sites excluding steroid dienone is 1. The molecule has 128 valence electrons. The maximum absolute atomic E-state index is 12.0. The van der Waals surface area contributed by atoms with Gasteiger partial charge in [-0.25, -0.2) is 0 Å². The number of aliphatic hydroxyl groups is 2. The number of rotatable bonds is 0. The Bertz CT molecular complexity index is 567. The summed E-state index contributed by atoms with van der Waals surface area (Å²) in [6.45, 7) is 6.73. The third-order valence-electron chi connectivity index (χ3n) is 8.16. The molecule has 0 aliphatic heterocycles. The van der Waals surface area contributed by atoms with Crippen molar-refractivity contribution in [2.75, 3.05) is 0 Å². The topological polar surface area (TPSA) is 57.5 Å². The molecule has 0 amide bonds. The average molecular weight is 318 g/mol. The highest BCUT2D eigenvalue weighted by atomic mass is 16.3. The van der Waals surface area contributed by atoms with Gasteiger partial charge in [0.2, 0.25) is 0 Å². The van der Waals surface area contributed by atoms with Crippen molar-refractivity contribution in [1.29, 1.82) is 0 Å². The SMILES string of the molecule is C[C@H]1C[C@@H]2[C@H]([C@@H](O)C[C@]3(C)[C@@H](O)CC[C@@H]23)[C@@]2(C)CCC(=O)C=C12. The van der Waals surface area contributed by atoms with Crippen LogP contribution in [-0.4, -0.2) is 28.2 Å². The number of ketones is 1. The van der Waals surface area contributed by atoms with E-state index in [9.17, 15) is 15.0 Å². The Hall–Kier alpha value is -0.670. The third-order valence-corrected chi connectivity index (χ3v) is 8.16. The molecule has 0 spiro atoms. The van der Waals surface area contributed by atoms with Gasteiger partial charge in [0.05, 0.1) is 12.2 Å². The lowest BCUT2D eigenvalue weighted by Gasteiger charge is -2.60. The van der Waals surface area contributed by atoms with E-state index >= 15 is 0 Å². The summed E-state index contributed by atoms with van der Waals surface area (Å²) in [4.78, 5) is 12.0. The Morgan fingerprint density at radius 2 is 1.96 bits per heavy atom. The van der Waals surface area contributed by atoms with E-state index in [2.05, 4.69) is 20.8 Å².